The van der Waals surface area contributed by atoms with E-state index in [1.54, 1.807) is 12.1 Å². The molecule has 1 aliphatic heterocycles. The lowest BCUT2D eigenvalue weighted by Crippen LogP contribution is -2.29. The Morgan fingerprint density at radius 1 is 1.19 bits per heavy atom. The van der Waals surface area contributed by atoms with E-state index in [2.05, 4.69) is 0 Å². The summed E-state index contributed by atoms with van der Waals surface area (Å²) in [4.78, 5) is 12.9. The lowest BCUT2D eigenvalue weighted by Gasteiger charge is -2.33. The molecule has 1 aliphatic carbocycles. The highest BCUT2D eigenvalue weighted by molar-refractivity contribution is 6.00. The number of hydrogen-bond acceptors (Lipinski definition) is 5. The molecule has 0 spiro atoms. The monoisotopic (exact) mass is 368 g/mol. The summed E-state index contributed by atoms with van der Waals surface area (Å²) in [5.41, 5.74) is 6.44. The summed E-state index contributed by atoms with van der Waals surface area (Å²) in [6.07, 6.45) is 2.04. The van der Waals surface area contributed by atoms with Crippen molar-refractivity contribution in [2.24, 2.45) is 5.73 Å². The van der Waals surface area contributed by atoms with Crippen LogP contribution < -0.4 is 5.73 Å². The van der Waals surface area contributed by atoms with E-state index in [1.165, 1.54) is 12.3 Å². The predicted octanol–water partition coefficient (Wildman–Crippen LogP) is 3.77. The van der Waals surface area contributed by atoms with E-state index < -0.39 is 17.6 Å². The SMILES string of the molecule is N#CC1=C(N)OC2=C(C(=O)C[C@H](c3ccco3)C2)[C@H]1c1ccc(F)c(F)c1. The molecule has 2 aliphatic rings. The van der Waals surface area contributed by atoms with Crippen molar-refractivity contribution in [1.82, 2.24) is 0 Å². The topological polar surface area (TPSA) is 89.3 Å². The van der Waals surface area contributed by atoms with Crippen LogP contribution in [-0.2, 0) is 9.53 Å². The van der Waals surface area contributed by atoms with Crippen molar-refractivity contribution in [2.45, 2.75) is 24.7 Å². The first-order valence-corrected chi connectivity index (χ1v) is 8.31. The third kappa shape index (κ3) is 2.79. The van der Waals surface area contributed by atoms with Gasteiger partial charge >= 0.3 is 0 Å². The molecule has 0 saturated carbocycles. The molecule has 7 heteroatoms. The fraction of sp³-hybridized carbons (Fsp3) is 0.200. The summed E-state index contributed by atoms with van der Waals surface area (Å²) in [5, 5.41) is 9.51. The number of nitrogens with zero attached hydrogens (tertiary/aromatic N) is 1. The van der Waals surface area contributed by atoms with Crippen LogP contribution in [0.25, 0.3) is 0 Å². The van der Waals surface area contributed by atoms with Crippen molar-refractivity contribution >= 4 is 5.78 Å². The number of carbonyl (C=O) groups is 1. The van der Waals surface area contributed by atoms with E-state index in [0.717, 1.165) is 12.1 Å². The van der Waals surface area contributed by atoms with Crippen molar-refractivity contribution in [3.8, 4) is 6.07 Å². The van der Waals surface area contributed by atoms with Gasteiger partial charge in [-0.25, -0.2) is 8.78 Å². The molecule has 2 N–H and O–H groups in total. The molecule has 2 heterocycles. The molecule has 2 atom stereocenters. The Labute approximate surface area is 153 Å². The van der Waals surface area contributed by atoms with E-state index in [4.69, 9.17) is 14.9 Å². The fourth-order valence-corrected chi connectivity index (χ4v) is 3.66. The van der Waals surface area contributed by atoms with Gasteiger partial charge in [-0.1, -0.05) is 6.07 Å². The number of allylic oxidation sites excluding steroid dienone is 3. The molecule has 2 aromatic rings. The summed E-state index contributed by atoms with van der Waals surface area (Å²) in [7, 11) is 0. The molecule has 27 heavy (non-hydrogen) atoms. The van der Waals surface area contributed by atoms with Gasteiger partial charge in [-0.2, -0.15) is 5.26 Å². The van der Waals surface area contributed by atoms with Gasteiger partial charge in [0.1, 0.15) is 23.2 Å². The molecule has 0 fully saturated rings. The highest BCUT2D eigenvalue weighted by atomic mass is 19.2. The number of hydrogen-bond donors (Lipinski definition) is 1. The molecule has 5 nitrogen and oxygen atoms in total. The maximum Gasteiger partial charge on any atom is 0.205 e. The fourth-order valence-electron chi connectivity index (χ4n) is 3.66. The summed E-state index contributed by atoms with van der Waals surface area (Å²) >= 11 is 0. The number of rotatable bonds is 2. The maximum atomic E-state index is 13.8. The number of ketones is 1. The normalized spacial score (nSPS) is 22.3. The summed E-state index contributed by atoms with van der Waals surface area (Å²) < 4.78 is 38.1. The van der Waals surface area contributed by atoms with Crippen molar-refractivity contribution in [2.75, 3.05) is 0 Å². The Balaban J connectivity index is 1.82. The summed E-state index contributed by atoms with van der Waals surface area (Å²) in [5.74, 6) is -2.58. The van der Waals surface area contributed by atoms with Crippen LogP contribution in [0.2, 0.25) is 0 Å². The maximum absolute atomic E-state index is 13.8. The average molecular weight is 368 g/mol. The van der Waals surface area contributed by atoms with Crippen molar-refractivity contribution in [1.29, 1.82) is 5.26 Å². The standard InChI is InChI=1S/C20H14F2N2O3/c21-13-4-3-10(6-14(13)22)18-12(9-23)20(24)27-17-8-11(7-15(25)19(17)18)16-2-1-5-26-16/h1-6,11,18H,7-8,24H2/t11-,18-/m0/s1. The molecular weight excluding hydrogens is 354 g/mol. The first kappa shape index (κ1) is 17.0. The van der Waals surface area contributed by atoms with E-state index >= 15 is 0 Å². The molecule has 0 unspecified atom stereocenters. The van der Waals surface area contributed by atoms with Crippen LogP contribution >= 0.6 is 0 Å². The first-order valence-electron chi connectivity index (χ1n) is 8.31. The zero-order chi connectivity index (χ0) is 19.1. The molecule has 4 rings (SSSR count). The number of benzene rings is 1. The second kappa shape index (κ2) is 6.40. The van der Waals surface area contributed by atoms with Crippen LogP contribution in [0.1, 0.15) is 36.0 Å². The number of halogens is 2. The van der Waals surface area contributed by atoms with Crippen LogP contribution in [0.4, 0.5) is 8.78 Å². The Kier molecular flexibility index (Phi) is 4.04. The van der Waals surface area contributed by atoms with Gasteiger partial charge in [0.15, 0.2) is 17.4 Å². The Morgan fingerprint density at radius 2 is 2.00 bits per heavy atom. The Bertz CT molecular complexity index is 1030. The van der Waals surface area contributed by atoms with E-state index in [0.29, 0.717) is 17.9 Å². The van der Waals surface area contributed by atoms with E-state index in [-0.39, 0.29) is 40.7 Å². The van der Waals surface area contributed by atoms with Gasteiger partial charge < -0.3 is 14.9 Å². The molecule has 1 aromatic carbocycles. The molecule has 136 valence electrons. The van der Waals surface area contributed by atoms with E-state index in [1.807, 2.05) is 6.07 Å². The van der Waals surface area contributed by atoms with Crippen LogP contribution in [0.5, 0.6) is 0 Å². The van der Waals surface area contributed by atoms with Crippen molar-refractivity contribution < 1.29 is 22.7 Å². The zero-order valence-electron chi connectivity index (χ0n) is 14.0. The van der Waals surface area contributed by atoms with Gasteiger partial charge in [0.2, 0.25) is 5.88 Å². The highest BCUT2D eigenvalue weighted by Gasteiger charge is 2.41. The quantitative estimate of drug-likeness (QED) is 0.872. The molecule has 0 radical (unpaired) electrons. The first-order chi connectivity index (χ1) is 13.0. The van der Waals surface area contributed by atoms with Crippen LogP contribution in [0, 0.1) is 23.0 Å². The molecule has 0 bridgehead atoms. The summed E-state index contributed by atoms with van der Waals surface area (Å²) in [6.45, 7) is 0. The van der Waals surface area contributed by atoms with Gasteiger partial charge in [-0.3, -0.25) is 4.79 Å². The van der Waals surface area contributed by atoms with Gasteiger partial charge in [0.05, 0.1) is 12.2 Å². The number of Topliss-reactive ketones (excluding diaryl/α,β-unsaturated/α-hetero) is 1. The number of nitriles is 1. The van der Waals surface area contributed by atoms with Crippen molar-refractivity contribution in [3.63, 3.8) is 0 Å². The molecule has 1 aromatic heterocycles. The van der Waals surface area contributed by atoms with Crippen molar-refractivity contribution in [3.05, 3.63) is 82.3 Å². The smallest absolute Gasteiger partial charge is 0.205 e. The third-order valence-corrected chi connectivity index (χ3v) is 4.88. The minimum Gasteiger partial charge on any atom is -0.469 e. The Hall–Kier alpha value is -3.40. The Morgan fingerprint density at radius 3 is 2.67 bits per heavy atom. The van der Waals surface area contributed by atoms with Gasteiger partial charge in [0.25, 0.3) is 0 Å². The second-order valence-corrected chi connectivity index (χ2v) is 6.48. The van der Waals surface area contributed by atoms with Gasteiger partial charge in [-0.05, 0) is 29.8 Å². The number of ether oxygens (including phenoxy) is 1. The largest absolute Gasteiger partial charge is 0.469 e. The minimum atomic E-state index is -1.06. The second-order valence-electron chi connectivity index (χ2n) is 6.48. The van der Waals surface area contributed by atoms with E-state index in [9.17, 15) is 18.8 Å². The van der Waals surface area contributed by atoms with Crippen LogP contribution in [0.15, 0.2) is 63.8 Å². The lowest BCUT2D eigenvalue weighted by atomic mass is 9.74. The molecule has 0 saturated heterocycles. The highest BCUT2D eigenvalue weighted by Crippen LogP contribution is 2.46. The minimum absolute atomic E-state index is 0.00422. The lowest BCUT2D eigenvalue weighted by molar-refractivity contribution is -0.117. The predicted molar refractivity (Wildman–Crippen MR) is 89.7 cm³/mol. The number of furan rings is 1. The van der Waals surface area contributed by atoms with Gasteiger partial charge in [-0.15, -0.1) is 0 Å². The zero-order valence-corrected chi connectivity index (χ0v) is 14.0. The van der Waals surface area contributed by atoms with Crippen LogP contribution in [-0.4, -0.2) is 5.78 Å². The summed E-state index contributed by atoms with van der Waals surface area (Å²) in [6, 6.07) is 8.73. The third-order valence-electron chi connectivity index (χ3n) is 4.88. The number of nitrogens with two attached hydrogens (primary N) is 1. The van der Waals surface area contributed by atoms with Crippen LogP contribution in [0.3, 0.4) is 0 Å². The number of carbonyl (C=O) groups excluding carboxylic acids is 1. The molecule has 0 amide bonds. The van der Waals surface area contributed by atoms with Gasteiger partial charge in [0, 0.05) is 24.3 Å². The average Bonchev–Trinajstić information content (AvgIpc) is 3.17. The molecular formula is C20H14F2N2O3.